The Hall–Kier alpha value is -3.71. The van der Waals surface area contributed by atoms with Crippen molar-refractivity contribution in [3.63, 3.8) is 0 Å². The van der Waals surface area contributed by atoms with Gasteiger partial charge in [-0.3, -0.25) is 9.20 Å². The zero-order valence-corrected chi connectivity index (χ0v) is 17.1. The summed E-state index contributed by atoms with van der Waals surface area (Å²) in [5.41, 5.74) is 10.9. The number of nitrogen functional groups attached to an aromatic ring is 1. The summed E-state index contributed by atoms with van der Waals surface area (Å²) in [6.45, 7) is 2.42. The summed E-state index contributed by atoms with van der Waals surface area (Å²) in [5, 5.41) is 4.03. The van der Waals surface area contributed by atoms with Crippen LogP contribution < -0.4 is 11.1 Å². The van der Waals surface area contributed by atoms with Gasteiger partial charge in [0.2, 0.25) is 0 Å². The van der Waals surface area contributed by atoms with E-state index >= 15 is 0 Å². The Morgan fingerprint density at radius 3 is 2.77 bits per heavy atom. The van der Waals surface area contributed by atoms with E-state index in [1.54, 1.807) is 27.9 Å². The van der Waals surface area contributed by atoms with Gasteiger partial charge in [0.1, 0.15) is 11.5 Å². The lowest BCUT2D eigenvalue weighted by molar-refractivity contribution is 0.0952. The van der Waals surface area contributed by atoms with Crippen molar-refractivity contribution in [2.24, 2.45) is 0 Å². The smallest absolute Gasteiger partial charge is 0.255 e. The summed E-state index contributed by atoms with van der Waals surface area (Å²) in [6.07, 6.45) is 1.82. The molecule has 1 amide bonds. The Bertz CT molecular complexity index is 1390. The van der Waals surface area contributed by atoms with Crippen molar-refractivity contribution in [1.82, 2.24) is 19.7 Å². The van der Waals surface area contributed by atoms with Gasteiger partial charge in [0, 0.05) is 18.3 Å². The Balaban J connectivity index is 1.44. The largest absolute Gasteiger partial charge is 0.383 e. The molecule has 0 aliphatic rings. The first kappa shape index (κ1) is 18.3. The summed E-state index contributed by atoms with van der Waals surface area (Å²) in [6, 6.07) is 19.3. The van der Waals surface area contributed by atoms with Crippen LogP contribution in [0.15, 0.2) is 66.9 Å². The zero-order valence-electron chi connectivity index (χ0n) is 16.3. The molecule has 3 N–H and O–H groups in total. The average Bonchev–Trinajstić information content (AvgIpc) is 3.31. The Kier molecular flexibility index (Phi) is 4.44. The van der Waals surface area contributed by atoms with E-state index < -0.39 is 0 Å². The highest BCUT2D eigenvalue weighted by atomic mass is 32.1. The fraction of sp³-hybridized carbons (Fsp3) is 0.0870. The first-order chi connectivity index (χ1) is 14.6. The number of anilines is 1. The van der Waals surface area contributed by atoms with E-state index in [9.17, 15) is 4.79 Å². The molecule has 0 fully saturated rings. The van der Waals surface area contributed by atoms with Gasteiger partial charge < -0.3 is 11.1 Å². The quantitative estimate of drug-likeness (QED) is 0.456. The molecule has 0 bridgehead atoms. The lowest BCUT2D eigenvalue weighted by Crippen LogP contribution is -2.23. The molecule has 3 heterocycles. The Labute approximate surface area is 177 Å². The van der Waals surface area contributed by atoms with Crippen molar-refractivity contribution in [2.45, 2.75) is 13.5 Å². The molecule has 0 unspecified atom stereocenters. The van der Waals surface area contributed by atoms with Crippen LogP contribution in [0.3, 0.4) is 0 Å². The van der Waals surface area contributed by atoms with Gasteiger partial charge in [-0.1, -0.05) is 36.4 Å². The van der Waals surface area contributed by atoms with Crippen molar-refractivity contribution >= 4 is 38.9 Å². The number of fused-ring (bicyclic) bond motifs is 2. The van der Waals surface area contributed by atoms with Crippen LogP contribution in [0.5, 0.6) is 0 Å². The first-order valence-electron chi connectivity index (χ1n) is 9.56. The average molecular weight is 414 g/mol. The van der Waals surface area contributed by atoms with Gasteiger partial charge in [0.25, 0.3) is 5.91 Å². The van der Waals surface area contributed by atoms with Crippen LogP contribution in [0.25, 0.3) is 27.1 Å². The number of nitrogens with one attached hydrogen (secondary N) is 1. The highest BCUT2D eigenvalue weighted by Gasteiger charge is 2.17. The summed E-state index contributed by atoms with van der Waals surface area (Å²) < 4.78 is 2.87. The monoisotopic (exact) mass is 413 g/mol. The number of carbonyl (C=O) groups excluding carboxylic acids is 1. The van der Waals surface area contributed by atoms with Crippen molar-refractivity contribution in [3.05, 3.63) is 83.0 Å². The second-order valence-corrected chi connectivity index (χ2v) is 8.28. The number of hydrogen-bond acceptors (Lipinski definition) is 5. The molecule has 5 rings (SSSR count). The molecule has 148 valence electrons. The van der Waals surface area contributed by atoms with E-state index in [0.29, 0.717) is 29.3 Å². The van der Waals surface area contributed by atoms with Crippen molar-refractivity contribution in [1.29, 1.82) is 0 Å². The number of thiazole rings is 1. The molecule has 0 aliphatic heterocycles. The number of imidazole rings is 1. The third-order valence-electron chi connectivity index (χ3n) is 4.99. The molecule has 0 atom stereocenters. The molecule has 30 heavy (non-hydrogen) atoms. The maximum absolute atomic E-state index is 12.9. The summed E-state index contributed by atoms with van der Waals surface area (Å²) in [7, 11) is 0. The third-order valence-corrected chi connectivity index (χ3v) is 5.93. The van der Waals surface area contributed by atoms with Gasteiger partial charge >= 0.3 is 0 Å². The van der Waals surface area contributed by atoms with Gasteiger partial charge in [0.05, 0.1) is 20.8 Å². The summed E-state index contributed by atoms with van der Waals surface area (Å²) in [4.78, 5) is 22.1. The Morgan fingerprint density at radius 1 is 1.10 bits per heavy atom. The molecule has 0 spiro atoms. The molecule has 6 nitrogen and oxygen atoms in total. The topological polar surface area (TPSA) is 85.3 Å². The van der Waals surface area contributed by atoms with Gasteiger partial charge in [0.15, 0.2) is 5.65 Å². The molecule has 7 heteroatoms. The fourth-order valence-electron chi connectivity index (χ4n) is 3.54. The first-order valence-corrected chi connectivity index (χ1v) is 10.4. The SMILES string of the molecule is Cc1nc2ccc(CNC(=O)c3cccn4c(N)c(-c5ccccc5)nc34)cc2s1. The number of aromatic nitrogens is 3. The number of carbonyl (C=O) groups is 1. The lowest BCUT2D eigenvalue weighted by Gasteiger charge is -2.07. The van der Waals surface area contributed by atoms with Crippen LogP contribution in [-0.2, 0) is 6.54 Å². The number of benzene rings is 2. The predicted octanol–water partition coefficient (Wildman–Crippen LogP) is 4.43. The van der Waals surface area contributed by atoms with E-state index in [0.717, 1.165) is 26.4 Å². The minimum Gasteiger partial charge on any atom is -0.383 e. The molecule has 2 aromatic carbocycles. The van der Waals surface area contributed by atoms with Crippen molar-refractivity contribution in [2.75, 3.05) is 5.73 Å². The molecule has 3 aromatic heterocycles. The normalized spacial score (nSPS) is 11.2. The molecular weight excluding hydrogens is 394 g/mol. The zero-order chi connectivity index (χ0) is 20.7. The van der Waals surface area contributed by atoms with E-state index in [1.807, 2.05) is 55.6 Å². The summed E-state index contributed by atoms with van der Waals surface area (Å²) in [5.74, 6) is 0.322. The van der Waals surface area contributed by atoms with Crippen LogP contribution in [0.2, 0.25) is 0 Å². The molecular formula is C23H19N5OS. The molecule has 0 aliphatic carbocycles. The minimum atomic E-state index is -0.189. The van der Waals surface area contributed by atoms with Gasteiger partial charge in [-0.2, -0.15) is 0 Å². The predicted molar refractivity (Wildman–Crippen MR) is 121 cm³/mol. The Morgan fingerprint density at radius 2 is 1.93 bits per heavy atom. The maximum Gasteiger partial charge on any atom is 0.255 e. The number of rotatable bonds is 4. The number of amides is 1. The minimum absolute atomic E-state index is 0.189. The van der Waals surface area contributed by atoms with E-state index in [2.05, 4.69) is 21.4 Å². The van der Waals surface area contributed by atoms with Crippen LogP contribution >= 0.6 is 11.3 Å². The number of pyridine rings is 1. The van der Waals surface area contributed by atoms with Crippen molar-refractivity contribution < 1.29 is 4.79 Å². The number of hydrogen-bond donors (Lipinski definition) is 2. The van der Waals surface area contributed by atoms with Crippen LogP contribution in [0.4, 0.5) is 5.82 Å². The highest BCUT2D eigenvalue weighted by Crippen LogP contribution is 2.27. The van der Waals surface area contributed by atoms with E-state index in [-0.39, 0.29) is 5.91 Å². The van der Waals surface area contributed by atoms with Gasteiger partial charge in [-0.25, -0.2) is 9.97 Å². The number of nitrogens with two attached hydrogens (primary N) is 1. The molecule has 0 saturated carbocycles. The van der Waals surface area contributed by atoms with Gasteiger partial charge in [-0.15, -0.1) is 11.3 Å². The van der Waals surface area contributed by atoms with Crippen molar-refractivity contribution in [3.8, 4) is 11.3 Å². The summed E-state index contributed by atoms with van der Waals surface area (Å²) >= 11 is 1.65. The number of aryl methyl sites for hydroxylation is 1. The highest BCUT2D eigenvalue weighted by molar-refractivity contribution is 7.18. The van der Waals surface area contributed by atoms with Crippen LogP contribution in [0, 0.1) is 6.92 Å². The van der Waals surface area contributed by atoms with Crippen LogP contribution in [0.1, 0.15) is 20.9 Å². The second-order valence-electron chi connectivity index (χ2n) is 7.04. The third kappa shape index (κ3) is 3.19. The lowest BCUT2D eigenvalue weighted by atomic mass is 10.1. The fourth-order valence-corrected chi connectivity index (χ4v) is 4.43. The maximum atomic E-state index is 12.9. The number of nitrogens with zero attached hydrogens (tertiary/aromatic N) is 3. The molecule has 0 saturated heterocycles. The standard InChI is InChI=1S/C23H19N5OS/c1-14-26-18-10-9-15(12-19(18)30-14)13-25-23(29)17-8-5-11-28-21(24)20(27-22(17)28)16-6-3-2-4-7-16/h2-12H,13,24H2,1H3,(H,25,29). The molecule has 0 radical (unpaired) electrons. The van der Waals surface area contributed by atoms with Crippen LogP contribution in [-0.4, -0.2) is 20.3 Å². The molecule has 5 aromatic rings. The van der Waals surface area contributed by atoms with E-state index in [4.69, 9.17) is 5.73 Å². The van der Waals surface area contributed by atoms with Gasteiger partial charge in [-0.05, 0) is 36.8 Å². The van der Waals surface area contributed by atoms with E-state index in [1.165, 1.54) is 0 Å². The second kappa shape index (κ2) is 7.27.